The molecular formula is C12H19N3O. The fourth-order valence-electron chi connectivity index (χ4n) is 2.24. The van der Waals surface area contributed by atoms with Gasteiger partial charge in [-0.15, -0.1) is 0 Å². The van der Waals surface area contributed by atoms with Crippen molar-refractivity contribution < 1.29 is 5.11 Å². The molecule has 2 rings (SSSR count). The topological polar surface area (TPSA) is 49.2 Å². The van der Waals surface area contributed by atoms with E-state index < -0.39 is 0 Å². The summed E-state index contributed by atoms with van der Waals surface area (Å²) in [5.41, 5.74) is 0.765. The molecule has 0 atom stereocenters. The summed E-state index contributed by atoms with van der Waals surface area (Å²) in [7, 11) is 2.06. The van der Waals surface area contributed by atoms with Crippen molar-refractivity contribution in [3.63, 3.8) is 0 Å². The molecule has 1 heterocycles. The maximum atomic E-state index is 8.92. The van der Waals surface area contributed by atoms with Gasteiger partial charge in [0.1, 0.15) is 0 Å². The first-order valence-electron chi connectivity index (χ1n) is 5.96. The van der Waals surface area contributed by atoms with Gasteiger partial charge in [0, 0.05) is 31.0 Å². The van der Waals surface area contributed by atoms with Crippen LogP contribution in [0.5, 0.6) is 0 Å². The Kier molecular flexibility index (Phi) is 3.72. The average Bonchev–Trinajstić information content (AvgIpc) is 2.39. The quantitative estimate of drug-likeness (QED) is 0.844. The SMILES string of the molecule is CN(c1ncc(CO)cn1)C1CCCCC1. The Morgan fingerprint density at radius 1 is 1.25 bits per heavy atom. The van der Waals surface area contributed by atoms with Crippen molar-refractivity contribution in [2.45, 2.75) is 44.8 Å². The Balaban J connectivity index is 2.04. The highest BCUT2D eigenvalue weighted by atomic mass is 16.3. The first kappa shape index (κ1) is 11.3. The standard InChI is InChI=1S/C12H19N3O/c1-15(11-5-3-2-4-6-11)12-13-7-10(9-16)8-14-12/h7-8,11,16H,2-6,9H2,1H3. The van der Waals surface area contributed by atoms with E-state index in [1.54, 1.807) is 12.4 Å². The summed E-state index contributed by atoms with van der Waals surface area (Å²) < 4.78 is 0. The molecule has 0 radical (unpaired) electrons. The Morgan fingerprint density at radius 2 is 1.88 bits per heavy atom. The van der Waals surface area contributed by atoms with Gasteiger partial charge in [-0.25, -0.2) is 9.97 Å². The molecule has 0 amide bonds. The second-order valence-electron chi connectivity index (χ2n) is 4.45. The second-order valence-corrected chi connectivity index (χ2v) is 4.45. The van der Waals surface area contributed by atoms with Gasteiger partial charge in [0.05, 0.1) is 6.61 Å². The van der Waals surface area contributed by atoms with Crippen molar-refractivity contribution in [3.05, 3.63) is 18.0 Å². The van der Waals surface area contributed by atoms with Crippen molar-refractivity contribution in [3.8, 4) is 0 Å². The lowest BCUT2D eigenvalue weighted by molar-refractivity contribution is 0.281. The normalized spacial score (nSPS) is 17.4. The number of anilines is 1. The van der Waals surface area contributed by atoms with Gasteiger partial charge >= 0.3 is 0 Å². The fourth-order valence-corrected chi connectivity index (χ4v) is 2.24. The molecule has 1 aromatic heterocycles. The molecule has 4 heteroatoms. The third-order valence-electron chi connectivity index (χ3n) is 3.31. The Morgan fingerprint density at radius 3 is 2.44 bits per heavy atom. The molecule has 16 heavy (non-hydrogen) atoms. The van der Waals surface area contributed by atoms with Crippen LogP contribution in [-0.4, -0.2) is 28.2 Å². The van der Waals surface area contributed by atoms with E-state index in [0.29, 0.717) is 6.04 Å². The first-order valence-corrected chi connectivity index (χ1v) is 5.96. The highest BCUT2D eigenvalue weighted by Gasteiger charge is 2.19. The van der Waals surface area contributed by atoms with E-state index in [9.17, 15) is 0 Å². The molecule has 0 unspecified atom stereocenters. The zero-order valence-corrected chi connectivity index (χ0v) is 9.76. The van der Waals surface area contributed by atoms with E-state index in [1.807, 2.05) is 0 Å². The van der Waals surface area contributed by atoms with E-state index in [2.05, 4.69) is 21.9 Å². The minimum atomic E-state index is 0.00736. The van der Waals surface area contributed by atoms with Gasteiger partial charge in [-0.05, 0) is 12.8 Å². The van der Waals surface area contributed by atoms with Crippen LogP contribution >= 0.6 is 0 Å². The summed E-state index contributed by atoms with van der Waals surface area (Å²) in [6, 6.07) is 0.578. The zero-order chi connectivity index (χ0) is 11.4. The van der Waals surface area contributed by atoms with Crippen LogP contribution in [0.3, 0.4) is 0 Å². The smallest absolute Gasteiger partial charge is 0.225 e. The van der Waals surface area contributed by atoms with Crippen molar-refractivity contribution in [2.24, 2.45) is 0 Å². The number of aliphatic hydroxyl groups excluding tert-OH is 1. The molecule has 1 aliphatic carbocycles. The zero-order valence-electron chi connectivity index (χ0n) is 9.76. The highest BCUT2D eigenvalue weighted by Crippen LogP contribution is 2.23. The molecule has 1 fully saturated rings. The molecule has 0 aromatic carbocycles. The molecule has 1 aliphatic rings. The van der Waals surface area contributed by atoms with E-state index in [1.165, 1.54) is 32.1 Å². The molecular weight excluding hydrogens is 202 g/mol. The van der Waals surface area contributed by atoms with E-state index in [0.717, 1.165) is 11.5 Å². The van der Waals surface area contributed by atoms with Crippen LogP contribution in [0.25, 0.3) is 0 Å². The predicted molar refractivity (Wildman–Crippen MR) is 63.2 cm³/mol. The highest BCUT2D eigenvalue weighted by molar-refractivity contribution is 5.30. The van der Waals surface area contributed by atoms with E-state index in [-0.39, 0.29) is 6.61 Å². The molecule has 1 aromatic rings. The summed E-state index contributed by atoms with van der Waals surface area (Å²) >= 11 is 0. The summed E-state index contributed by atoms with van der Waals surface area (Å²) in [4.78, 5) is 10.7. The lowest BCUT2D eigenvalue weighted by Crippen LogP contribution is -2.34. The van der Waals surface area contributed by atoms with Crippen LogP contribution < -0.4 is 4.90 Å². The van der Waals surface area contributed by atoms with Crippen LogP contribution in [0.1, 0.15) is 37.7 Å². The van der Waals surface area contributed by atoms with Gasteiger partial charge in [-0.3, -0.25) is 0 Å². The van der Waals surface area contributed by atoms with Crippen LogP contribution in [0.4, 0.5) is 5.95 Å². The Hall–Kier alpha value is -1.16. The maximum absolute atomic E-state index is 8.92. The lowest BCUT2D eigenvalue weighted by atomic mass is 9.95. The summed E-state index contributed by atoms with van der Waals surface area (Å²) in [5, 5.41) is 8.92. The van der Waals surface area contributed by atoms with Gasteiger partial charge in [-0.2, -0.15) is 0 Å². The second kappa shape index (κ2) is 5.25. The van der Waals surface area contributed by atoms with Crippen molar-refractivity contribution in [2.75, 3.05) is 11.9 Å². The number of rotatable bonds is 3. The molecule has 0 saturated heterocycles. The summed E-state index contributed by atoms with van der Waals surface area (Å²) in [6.07, 6.45) is 9.84. The number of hydrogen-bond donors (Lipinski definition) is 1. The van der Waals surface area contributed by atoms with Crippen molar-refractivity contribution in [1.29, 1.82) is 0 Å². The van der Waals surface area contributed by atoms with Crippen LogP contribution in [-0.2, 0) is 6.61 Å². The van der Waals surface area contributed by atoms with Crippen LogP contribution in [0.2, 0.25) is 0 Å². The lowest BCUT2D eigenvalue weighted by Gasteiger charge is -2.31. The van der Waals surface area contributed by atoms with Gasteiger partial charge in [0.2, 0.25) is 5.95 Å². The molecule has 0 spiro atoms. The maximum Gasteiger partial charge on any atom is 0.225 e. The van der Waals surface area contributed by atoms with Gasteiger partial charge in [0.25, 0.3) is 0 Å². The van der Waals surface area contributed by atoms with Crippen LogP contribution in [0, 0.1) is 0 Å². The number of hydrogen-bond acceptors (Lipinski definition) is 4. The number of aromatic nitrogens is 2. The molecule has 0 bridgehead atoms. The van der Waals surface area contributed by atoms with E-state index in [4.69, 9.17) is 5.11 Å². The van der Waals surface area contributed by atoms with Gasteiger partial charge in [-0.1, -0.05) is 19.3 Å². The summed E-state index contributed by atoms with van der Waals surface area (Å²) in [6.45, 7) is 0.00736. The largest absolute Gasteiger partial charge is 0.392 e. The fraction of sp³-hybridized carbons (Fsp3) is 0.667. The van der Waals surface area contributed by atoms with Crippen molar-refractivity contribution in [1.82, 2.24) is 9.97 Å². The minimum Gasteiger partial charge on any atom is -0.392 e. The minimum absolute atomic E-state index is 0.00736. The predicted octanol–water partition coefficient (Wildman–Crippen LogP) is 1.74. The number of aliphatic hydroxyl groups is 1. The van der Waals surface area contributed by atoms with E-state index >= 15 is 0 Å². The molecule has 4 nitrogen and oxygen atoms in total. The number of nitrogens with zero attached hydrogens (tertiary/aromatic N) is 3. The van der Waals surface area contributed by atoms with Crippen LogP contribution in [0.15, 0.2) is 12.4 Å². The third-order valence-corrected chi connectivity index (χ3v) is 3.31. The molecule has 1 N–H and O–H groups in total. The first-order chi connectivity index (χ1) is 7.81. The summed E-state index contributed by atoms with van der Waals surface area (Å²) in [5.74, 6) is 0.768. The molecule has 88 valence electrons. The monoisotopic (exact) mass is 221 g/mol. The average molecular weight is 221 g/mol. The Bertz CT molecular complexity index is 320. The molecule has 1 saturated carbocycles. The van der Waals surface area contributed by atoms with Gasteiger partial charge < -0.3 is 10.0 Å². The molecule has 0 aliphatic heterocycles. The Labute approximate surface area is 96.3 Å². The van der Waals surface area contributed by atoms with Gasteiger partial charge in [0.15, 0.2) is 0 Å². The third kappa shape index (κ3) is 2.50. The van der Waals surface area contributed by atoms with Crippen molar-refractivity contribution >= 4 is 5.95 Å².